The lowest BCUT2D eigenvalue weighted by molar-refractivity contribution is 0.0231. The molecule has 1 saturated heterocycles. The van der Waals surface area contributed by atoms with Gasteiger partial charge in [0.25, 0.3) is 0 Å². The number of nitrogens with one attached hydrogen (secondary N) is 1. The fraction of sp³-hybridized carbons (Fsp3) is 1.00. The zero-order valence-corrected chi connectivity index (χ0v) is 9.71. The van der Waals surface area contributed by atoms with Gasteiger partial charge in [0.15, 0.2) is 0 Å². The minimum absolute atomic E-state index is 0.0849. The van der Waals surface area contributed by atoms with Gasteiger partial charge in [-0.15, -0.1) is 0 Å². The van der Waals surface area contributed by atoms with Crippen LogP contribution >= 0.6 is 0 Å². The Kier molecular flexibility index (Phi) is 3.93. The SMILES string of the molecule is CC(NC(C)C(C)(C)O)C1CCCO1. The molecule has 0 radical (unpaired) electrons. The minimum atomic E-state index is -0.674. The van der Waals surface area contributed by atoms with E-state index in [1.165, 1.54) is 0 Å². The first-order chi connectivity index (χ1) is 6.41. The van der Waals surface area contributed by atoms with Crippen molar-refractivity contribution < 1.29 is 9.84 Å². The van der Waals surface area contributed by atoms with Gasteiger partial charge in [-0.3, -0.25) is 0 Å². The van der Waals surface area contributed by atoms with Crippen molar-refractivity contribution in [3.05, 3.63) is 0 Å². The molecule has 0 aromatic rings. The van der Waals surface area contributed by atoms with Crippen LogP contribution < -0.4 is 5.32 Å². The minimum Gasteiger partial charge on any atom is -0.389 e. The second-order valence-electron chi connectivity index (χ2n) is 4.88. The van der Waals surface area contributed by atoms with E-state index in [2.05, 4.69) is 12.2 Å². The van der Waals surface area contributed by atoms with Crippen LogP contribution in [0.25, 0.3) is 0 Å². The van der Waals surface area contributed by atoms with Gasteiger partial charge in [0.1, 0.15) is 0 Å². The van der Waals surface area contributed by atoms with E-state index in [9.17, 15) is 5.11 Å². The standard InChI is InChI=1S/C11H23NO2/c1-8(10-6-5-7-14-10)12-9(2)11(3,4)13/h8-10,12-13H,5-7H2,1-4H3. The van der Waals surface area contributed by atoms with Crippen LogP contribution in [-0.2, 0) is 4.74 Å². The zero-order chi connectivity index (χ0) is 10.8. The molecule has 0 saturated carbocycles. The Hall–Kier alpha value is -0.120. The highest BCUT2D eigenvalue weighted by Gasteiger charge is 2.28. The largest absolute Gasteiger partial charge is 0.389 e. The molecule has 0 bridgehead atoms. The van der Waals surface area contributed by atoms with E-state index in [-0.39, 0.29) is 6.04 Å². The van der Waals surface area contributed by atoms with Crippen molar-refractivity contribution in [2.24, 2.45) is 0 Å². The number of rotatable bonds is 4. The maximum absolute atomic E-state index is 9.77. The van der Waals surface area contributed by atoms with E-state index in [0.29, 0.717) is 12.1 Å². The van der Waals surface area contributed by atoms with Crippen LogP contribution in [0.5, 0.6) is 0 Å². The van der Waals surface area contributed by atoms with Crippen LogP contribution in [-0.4, -0.2) is 35.5 Å². The average Bonchev–Trinajstić information content (AvgIpc) is 2.53. The lowest BCUT2D eigenvalue weighted by Crippen LogP contribution is -2.51. The fourth-order valence-corrected chi connectivity index (χ4v) is 1.70. The van der Waals surface area contributed by atoms with E-state index in [1.54, 1.807) is 0 Å². The van der Waals surface area contributed by atoms with Crippen LogP contribution in [0.1, 0.15) is 40.5 Å². The predicted octanol–water partition coefficient (Wildman–Crippen LogP) is 1.30. The number of ether oxygens (including phenoxy) is 1. The van der Waals surface area contributed by atoms with Crippen LogP contribution in [0.2, 0.25) is 0 Å². The normalized spacial score (nSPS) is 27.6. The molecule has 14 heavy (non-hydrogen) atoms. The molecule has 2 N–H and O–H groups in total. The zero-order valence-electron chi connectivity index (χ0n) is 9.71. The van der Waals surface area contributed by atoms with Gasteiger partial charge >= 0.3 is 0 Å². The van der Waals surface area contributed by atoms with Gasteiger partial charge in [-0.05, 0) is 40.5 Å². The van der Waals surface area contributed by atoms with E-state index in [4.69, 9.17) is 4.74 Å². The average molecular weight is 201 g/mol. The van der Waals surface area contributed by atoms with Crippen molar-refractivity contribution >= 4 is 0 Å². The molecule has 1 heterocycles. The summed E-state index contributed by atoms with van der Waals surface area (Å²) in [7, 11) is 0. The van der Waals surface area contributed by atoms with Crippen LogP contribution in [0.15, 0.2) is 0 Å². The maximum atomic E-state index is 9.77. The molecule has 0 aromatic heterocycles. The quantitative estimate of drug-likeness (QED) is 0.720. The van der Waals surface area contributed by atoms with Gasteiger partial charge in [0.2, 0.25) is 0 Å². The second-order valence-corrected chi connectivity index (χ2v) is 4.88. The summed E-state index contributed by atoms with van der Waals surface area (Å²) >= 11 is 0. The highest BCUT2D eigenvalue weighted by molar-refractivity contribution is 4.85. The van der Waals surface area contributed by atoms with Crippen LogP contribution in [0, 0.1) is 0 Å². The fourth-order valence-electron chi connectivity index (χ4n) is 1.70. The molecule has 0 aliphatic carbocycles. The molecule has 0 spiro atoms. The van der Waals surface area contributed by atoms with Crippen molar-refractivity contribution in [2.75, 3.05) is 6.61 Å². The van der Waals surface area contributed by atoms with Crippen molar-refractivity contribution in [2.45, 2.75) is 64.3 Å². The molecule has 1 rings (SSSR count). The van der Waals surface area contributed by atoms with Gasteiger partial charge in [-0.2, -0.15) is 0 Å². The summed E-state index contributed by atoms with van der Waals surface area (Å²) in [6.07, 6.45) is 2.61. The molecular weight excluding hydrogens is 178 g/mol. The molecule has 0 amide bonds. The Morgan fingerprint density at radius 1 is 1.43 bits per heavy atom. The van der Waals surface area contributed by atoms with Gasteiger partial charge in [-0.1, -0.05) is 0 Å². The summed E-state index contributed by atoms with van der Waals surface area (Å²) in [4.78, 5) is 0. The molecule has 3 unspecified atom stereocenters. The Balaban J connectivity index is 2.35. The summed E-state index contributed by atoms with van der Waals surface area (Å²) < 4.78 is 5.58. The van der Waals surface area contributed by atoms with E-state index in [1.807, 2.05) is 20.8 Å². The first-order valence-corrected chi connectivity index (χ1v) is 5.51. The highest BCUT2D eigenvalue weighted by atomic mass is 16.5. The molecular formula is C11H23NO2. The molecule has 0 aromatic carbocycles. The molecule has 3 atom stereocenters. The molecule has 84 valence electrons. The number of aliphatic hydroxyl groups is 1. The van der Waals surface area contributed by atoms with Crippen LogP contribution in [0.4, 0.5) is 0 Å². The summed E-state index contributed by atoms with van der Waals surface area (Å²) in [5, 5.41) is 13.2. The molecule has 3 nitrogen and oxygen atoms in total. The van der Waals surface area contributed by atoms with E-state index >= 15 is 0 Å². The number of hydrogen-bond donors (Lipinski definition) is 2. The van der Waals surface area contributed by atoms with E-state index in [0.717, 1.165) is 19.4 Å². The molecule has 1 fully saturated rings. The summed E-state index contributed by atoms with van der Waals surface area (Å²) in [5.41, 5.74) is -0.674. The molecule has 3 heteroatoms. The first-order valence-electron chi connectivity index (χ1n) is 5.51. The van der Waals surface area contributed by atoms with Crippen molar-refractivity contribution in [3.8, 4) is 0 Å². The van der Waals surface area contributed by atoms with Crippen molar-refractivity contribution in [1.29, 1.82) is 0 Å². The third-order valence-electron chi connectivity index (χ3n) is 3.10. The lowest BCUT2D eigenvalue weighted by Gasteiger charge is -2.31. The topological polar surface area (TPSA) is 41.5 Å². The Bertz CT molecular complexity index is 171. The smallest absolute Gasteiger partial charge is 0.0741 e. The Morgan fingerprint density at radius 3 is 2.50 bits per heavy atom. The van der Waals surface area contributed by atoms with E-state index < -0.39 is 5.60 Å². The second kappa shape index (κ2) is 4.60. The Morgan fingerprint density at radius 2 is 2.07 bits per heavy atom. The monoisotopic (exact) mass is 201 g/mol. The summed E-state index contributed by atoms with van der Waals surface area (Å²) in [6.45, 7) is 8.66. The van der Waals surface area contributed by atoms with Gasteiger partial charge in [-0.25, -0.2) is 0 Å². The Labute approximate surface area is 86.8 Å². The third-order valence-corrected chi connectivity index (χ3v) is 3.10. The first kappa shape index (κ1) is 12.0. The van der Waals surface area contributed by atoms with Gasteiger partial charge in [0, 0.05) is 18.7 Å². The number of hydrogen-bond acceptors (Lipinski definition) is 3. The van der Waals surface area contributed by atoms with Crippen molar-refractivity contribution in [1.82, 2.24) is 5.32 Å². The van der Waals surface area contributed by atoms with Crippen LogP contribution in [0.3, 0.4) is 0 Å². The molecule has 1 aliphatic heterocycles. The summed E-state index contributed by atoms with van der Waals surface area (Å²) in [5.74, 6) is 0. The van der Waals surface area contributed by atoms with Gasteiger partial charge < -0.3 is 15.2 Å². The summed E-state index contributed by atoms with van der Waals surface area (Å²) in [6, 6.07) is 0.403. The third kappa shape index (κ3) is 3.23. The van der Waals surface area contributed by atoms with Gasteiger partial charge in [0.05, 0.1) is 11.7 Å². The predicted molar refractivity (Wildman–Crippen MR) is 57.3 cm³/mol. The van der Waals surface area contributed by atoms with Crippen molar-refractivity contribution in [3.63, 3.8) is 0 Å². The molecule has 1 aliphatic rings. The lowest BCUT2D eigenvalue weighted by atomic mass is 9.99. The maximum Gasteiger partial charge on any atom is 0.0741 e. The highest BCUT2D eigenvalue weighted by Crippen LogP contribution is 2.17.